The number of carbonyl (C=O) groups excluding carboxylic acids is 1. The summed E-state index contributed by atoms with van der Waals surface area (Å²) in [6.07, 6.45) is 0.803. The second-order valence-electron chi connectivity index (χ2n) is 9.19. The van der Waals surface area contributed by atoms with Gasteiger partial charge in [-0.3, -0.25) is 9.69 Å². The molecule has 2 aliphatic rings. The standard InChI is InChI=1S/C26H25BrFN3O3/c1-26(2)11-19-24(20(32)12-26)23(14-5-8-21(33-3)22(9-14)34-4)16(13-29)25(30)31(19)18-7-6-15(27)10-17(18)28/h5-10,23H,11-12,30H2,1-4H3. The molecule has 0 bridgehead atoms. The Morgan fingerprint density at radius 1 is 1.15 bits per heavy atom. The van der Waals surface area contributed by atoms with Gasteiger partial charge in [0.25, 0.3) is 0 Å². The molecule has 4 rings (SSSR count). The van der Waals surface area contributed by atoms with E-state index in [4.69, 9.17) is 15.2 Å². The van der Waals surface area contributed by atoms with Crippen molar-refractivity contribution < 1.29 is 18.7 Å². The van der Waals surface area contributed by atoms with E-state index in [2.05, 4.69) is 22.0 Å². The van der Waals surface area contributed by atoms with Gasteiger partial charge in [0, 0.05) is 22.2 Å². The Labute approximate surface area is 206 Å². The normalized spacial score (nSPS) is 19.6. The fraction of sp³-hybridized carbons (Fsp3) is 0.308. The number of nitrogens with zero attached hydrogens (tertiary/aromatic N) is 2. The number of halogens is 2. The molecule has 0 saturated heterocycles. The van der Waals surface area contributed by atoms with Crippen LogP contribution in [-0.4, -0.2) is 20.0 Å². The van der Waals surface area contributed by atoms with Gasteiger partial charge < -0.3 is 15.2 Å². The van der Waals surface area contributed by atoms with Crippen LogP contribution in [0.1, 0.15) is 38.2 Å². The molecule has 0 aromatic heterocycles. The zero-order chi connectivity index (χ0) is 24.8. The summed E-state index contributed by atoms with van der Waals surface area (Å²) in [6.45, 7) is 3.99. The van der Waals surface area contributed by atoms with E-state index in [1.165, 1.54) is 25.2 Å². The van der Waals surface area contributed by atoms with Gasteiger partial charge in [-0.15, -0.1) is 0 Å². The molecule has 6 nitrogen and oxygen atoms in total. The summed E-state index contributed by atoms with van der Waals surface area (Å²) in [7, 11) is 3.06. The number of methoxy groups -OCH3 is 2. The number of hydrogen-bond donors (Lipinski definition) is 1. The van der Waals surface area contributed by atoms with Gasteiger partial charge in [-0.1, -0.05) is 35.8 Å². The largest absolute Gasteiger partial charge is 0.493 e. The summed E-state index contributed by atoms with van der Waals surface area (Å²) in [5, 5.41) is 10.2. The van der Waals surface area contributed by atoms with E-state index in [1.54, 1.807) is 30.3 Å². The van der Waals surface area contributed by atoms with Crippen molar-refractivity contribution >= 4 is 27.4 Å². The third kappa shape index (κ3) is 3.94. The smallest absolute Gasteiger partial charge is 0.162 e. The van der Waals surface area contributed by atoms with E-state index in [0.717, 1.165) is 0 Å². The summed E-state index contributed by atoms with van der Waals surface area (Å²) >= 11 is 3.28. The van der Waals surface area contributed by atoms with E-state index in [-0.39, 0.29) is 28.3 Å². The highest BCUT2D eigenvalue weighted by Crippen LogP contribution is 2.51. The van der Waals surface area contributed by atoms with Gasteiger partial charge in [-0.25, -0.2) is 4.39 Å². The van der Waals surface area contributed by atoms with Gasteiger partial charge in [0.2, 0.25) is 0 Å². The molecule has 2 aromatic carbocycles. The van der Waals surface area contributed by atoms with Gasteiger partial charge in [0.1, 0.15) is 11.6 Å². The lowest BCUT2D eigenvalue weighted by Crippen LogP contribution is -2.42. The minimum atomic E-state index is -0.696. The van der Waals surface area contributed by atoms with E-state index < -0.39 is 11.7 Å². The molecular weight excluding hydrogens is 501 g/mol. The number of nitrogens with two attached hydrogens (primary N) is 1. The molecule has 1 aliphatic carbocycles. The van der Waals surface area contributed by atoms with Crippen molar-refractivity contribution in [3.63, 3.8) is 0 Å². The Hall–Kier alpha value is -3.31. The molecular formula is C26H25BrFN3O3. The molecule has 0 amide bonds. The number of carbonyl (C=O) groups is 1. The van der Waals surface area contributed by atoms with Crippen molar-refractivity contribution in [2.75, 3.05) is 19.1 Å². The van der Waals surface area contributed by atoms with Crippen LogP contribution in [0.15, 0.2) is 63.5 Å². The van der Waals surface area contributed by atoms with Gasteiger partial charge in [0.15, 0.2) is 17.3 Å². The minimum Gasteiger partial charge on any atom is -0.493 e. The number of allylic oxidation sites excluding steroid dienone is 3. The van der Waals surface area contributed by atoms with Crippen LogP contribution in [-0.2, 0) is 4.79 Å². The maximum absolute atomic E-state index is 15.1. The second kappa shape index (κ2) is 8.80. The van der Waals surface area contributed by atoms with Crippen LogP contribution in [0.2, 0.25) is 0 Å². The summed E-state index contributed by atoms with van der Waals surface area (Å²) in [6, 6.07) is 12.1. The molecule has 1 unspecified atom stereocenters. The average Bonchev–Trinajstić information content (AvgIpc) is 2.78. The monoisotopic (exact) mass is 525 g/mol. The van der Waals surface area contributed by atoms with Crippen molar-refractivity contribution in [1.82, 2.24) is 0 Å². The quantitative estimate of drug-likeness (QED) is 0.563. The summed E-state index contributed by atoms with van der Waals surface area (Å²) < 4.78 is 26.5. The molecule has 176 valence electrons. The number of ketones is 1. The first-order valence-electron chi connectivity index (χ1n) is 10.7. The second-order valence-corrected chi connectivity index (χ2v) is 10.1. The van der Waals surface area contributed by atoms with Gasteiger partial charge in [-0.05, 0) is 47.7 Å². The van der Waals surface area contributed by atoms with Crippen molar-refractivity contribution in [2.24, 2.45) is 11.1 Å². The molecule has 1 heterocycles. The van der Waals surface area contributed by atoms with Crippen LogP contribution in [0, 0.1) is 22.6 Å². The number of anilines is 1. The van der Waals surface area contributed by atoms with Crippen molar-refractivity contribution in [3.8, 4) is 17.6 Å². The van der Waals surface area contributed by atoms with Crippen LogP contribution >= 0.6 is 15.9 Å². The van der Waals surface area contributed by atoms with Crippen LogP contribution in [0.3, 0.4) is 0 Å². The zero-order valence-electron chi connectivity index (χ0n) is 19.4. The number of hydrogen-bond acceptors (Lipinski definition) is 6. The predicted octanol–water partition coefficient (Wildman–Crippen LogP) is 5.55. The third-order valence-corrected chi connectivity index (χ3v) is 6.77. The Bertz CT molecular complexity index is 1290. The number of Topliss-reactive ketones (excluding diaryl/α,β-unsaturated/α-hetero) is 1. The van der Waals surface area contributed by atoms with E-state index in [0.29, 0.717) is 45.6 Å². The zero-order valence-corrected chi connectivity index (χ0v) is 21.0. The van der Waals surface area contributed by atoms with Crippen LogP contribution < -0.4 is 20.1 Å². The molecule has 0 spiro atoms. The van der Waals surface area contributed by atoms with Crippen molar-refractivity contribution in [1.29, 1.82) is 5.26 Å². The van der Waals surface area contributed by atoms with Gasteiger partial charge >= 0.3 is 0 Å². The summed E-state index contributed by atoms with van der Waals surface area (Å²) in [4.78, 5) is 15.1. The Kier molecular flexibility index (Phi) is 6.17. The van der Waals surface area contributed by atoms with E-state index >= 15 is 4.39 Å². The summed E-state index contributed by atoms with van der Waals surface area (Å²) in [5.41, 5.74) is 8.33. The van der Waals surface area contributed by atoms with E-state index in [9.17, 15) is 10.1 Å². The lowest BCUT2D eigenvalue weighted by Gasteiger charge is -2.43. The Morgan fingerprint density at radius 2 is 1.85 bits per heavy atom. The molecule has 0 radical (unpaired) electrons. The highest BCUT2D eigenvalue weighted by Gasteiger charge is 2.45. The van der Waals surface area contributed by atoms with Crippen molar-refractivity contribution in [3.05, 3.63) is 74.9 Å². The molecule has 2 N–H and O–H groups in total. The highest BCUT2D eigenvalue weighted by atomic mass is 79.9. The lowest BCUT2D eigenvalue weighted by molar-refractivity contribution is -0.118. The van der Waals surface area contributed by atoms with E-state index in [1.807, 2.05) is 13.8 Å². The lowest BCUT2D eigenvalue weighted by atomic mass is 9.68. The maximum atomic E-state index is 15.1. The van der Waals surface area contributed by atoms with Crippen molar-refractivity contribution in [2.45, 2.75) is 32.6 Å². The Balaban J connectivity index is 2.01. The first-order valence-corrected chi connectivity index (χ1v) is 11.5. The fourth-order valence-electron chi connectivity index (χ4n) is 4.81. The number of ether oxygens (including phenoxy) is 2. The van der Waals surface area contributed by atoms with Gasteiger partial charge in [-0.2, -0.15) is 5.26 Å². The maximum Gasteiger partial charge on any atom is 0.162 e. The van der Waals surface area contributed by atoms with Crippen LogP contribution in [0.25, 0.3) is 0 Å². The molecule has 0 saturated carbocycles. The molecule has 0 fully saturated rings. The molecule has 8 heteroatoms. The number of benzene rings is 2. The predicted molar refractivity (Wildman–Crippen MR) is 131 cm³/mol. The third-order valence-electron chi connectivity index (χ3n) is 6.27. The SMILES string of the molecule is COc1ccc(C2C(C#N)=C(N)N(c3ccc(Br)cc3F)C3=C2C(=O)CC(C)(C)C3)cc1OC. The highest BCUT2D eigenvalue weighted by molar-refractivity contribution is 9.10. The average molecular weight is 526 g/mol. The molecule has 1 atom stereocenters. The van der Waals surface area contributed by atoms with Crippen LogP contribution in [0.4, 0.5) is 10.1 Å². The topological polar surface area (TPSA) is 88.6 Å². The number of rotatable bonds is 4. The molecule has 2 aromatic rings. The number of nitriles is 1. The first kappa shape index (κ1) is 23.8. The summed E-state index contributed by atoms with van der Waals surface area (Å²) in [5.74, 6) is -0.189. The molecule has 1 aliphatic heterocycles. The first-order chi connectivity index (χ1) is 16.1. The Morgan fingerprint density at radius 3 is 2.47 bits per heavy atom. The fourth-order valence-corrected chi connectivity index (χ4v) is 5.15. The minimum absolute atomic E-state index is 0.0891. The van der Waals surface area contributed by atoms with Gasteiger partial charge in [0.05, 0.1) is 37.5 Å². The van der Waals surface area contributed by atoms with Crippen LogP contribution in [0.5, 0.6) is 11.5 Å². The molecule has 34 heavy (non-hydrogen) atoms.